The molecule has 1 aromatic heterocycles. The van der Waals surface area contributed by atoms with Gasteiger partial charge in [-0.05, 0) is 30.3 Å². The van der Waals surface area contributed by atoms with Crippen molar-refractivity contribution in [3.05, 3.63) is 47.2 Å². The summed E-state index contributed by atoms with van der Waals surface area (Å²) in [6.45, 7) is 0. The van der Waals surface area contributed by atoms with Gasteiger partial charge >= 0.3 is 0 Å². The zero-order chi connectivity index (χ0) is 12.3. The van der Waals surface area contributed by atoms with Gasteiger partial charge in [-0.1, -0.05) is 17.7 Å². The third-order valence-corrected chi connectivity index (χ3v) is 2.36. The van der Waals surface area contributed by atoms with Crippen LogP contribution < -0.4 is 10.6 Å². The van der Waals surface area contributed by atoms with E-state index in [0.29, 0.717) is 16.5 Å². The van der Waals surface area contributed by atoms with Crippen LogP contribution in [0.5, 0.6) is 0 Å². The monoisotopic (exact) mass is 251 g/mol. The van der Waals surface area contributed by atoms with Gasteiger partial charge in [0.05, 0.1) is 0 Å². The first kappa shape index (κ1) is 11.7. The molecule has 0 saturated heterocycles. The zero-order valence-electron chi connectivity index (χ0n) is 9.17. The van der Waals surface area contributed by atoms with Crippen LogP contribution in [0.4, 0.5) is 21.7 Å². The lowest BCUT2D eigenvalue weighted by atomic mass is 10.3. The normalized spacial score (nSPS) is 10.1. The molecular formula is C12H11ClFN3. The number of aromatic nitrogens is 1. The van der Waals surface area contributed by atoms with Gasteiger partial charge in [0.1, 0.15) is 17.5 Å². The van der Waals surface area contributed by atoms with Crippen LogP contribution in [0.15, 0.2) is 36.4 Å². The Bertz CT molecular complexity index is 511. The van der Waals surface area contributed by atoms with E-state index in [1.165, 1.54) is 12.1 Å². The van der Waals surface area contributed by atoms with Crippen LogP contribution in [0, 0.1) is 5.82 Å². The number of nitrogens with one attached hydrogen (secondary N) is 2. The summed E-state index contributed by atoms with van der Waals surface area (Å²) in [7, 11) is 1.78. The molecule has 0 aliphatic heterocycles. The van der Waals surface area contributed by atoms with Crippen LogP contribution >= 0.6 is 11.6 Å². The van der Waals surface area contributed by atoms with Gasteiger partial charge in [-0.25, -0.2) is 9.37 Å². The Labute approximate surface area is 104 Å². The fraction of sp³-hybridized carbons (Fsp3) is 0.0833. The zero-order valence-corrected chi connectivity index (χ0v) is 9.92. The summed E-state index contributed by atoms with van der Waals surface area (Å²) in [5.74, 6) is 0.973. The summed E-state index contributed by atoms with van der Waals surface area (Å²) >= 11 is 5.76. The number of anilines is 3. The topological polar surface area (TPSA) is 37.0 Å². The quantitative estimate of drug-likeness (QED) is 0.874. The molecule has 1 heterocycles. The maximum Gasteiger partial charge on any atom is 0.132 e. The lowest BCUT2D eigenvalue weighted by Gasteiger charge is -2.07. The molecule has 2 aromatic rings. The highest BCUT2D eigenvalue weighted by Gasteiger charge is 2.01. The Kier molecular flexibility index (Phi) is 3.44. The molecule has 0 fully saturated rings. The number of nitrogens with zero attached hydrogens (tertiary/aromatic N) is 1. The van der Waals surface area contributed by atoms with E-state index in [2.05, 4.69) is 15.6 Å². The summed E-state index contributed by atoms with van der Waals surface area (Å²) in [4.78, 5) is 4.26. The molecule has 0 aliphatic rings. The molecule has 0 unspecified atom stereocenters. The number of halogens is 2. The second-order valence-electron chi connectivity index (χ2n) is 3.44. The van der Waals surface area contributed by atoms with Crippen LogP contribution in [-0.2, 0) is 0 Å². The minimum absolute atomic E-state index is 0.345. The second kappa shape index (κ2) is 5.01. The number of hydrogen-bond acceptors (Lipinski definition) is 3. The van der Waals surface area contributed by atoms with E-state index in [4.69, 9.17) is 11.6 Å². The summed E-state index contributed by atoms with van der Waals surface area (Å²) < 4.78 is 13.1. The fourth-order valence-electron chi connectivity index (χ4n) is 1.42. The third kappa shape index (κ3) is 3.07. The van der Waals surface area contributed by atoms with Gasteiger partial charge in [0, 0.05) is 17.8 Å². The molecule has 2 N–H and O–H groups in total. The van der Waals surface area contributed by atoms with Crippen molar-refractivity contribution in [3.8, 4) is 0 Å². The maximum absolute atomic E-state index is 13.1. The standard InChI is InChI=1S/C12H11ClFN3/c1-15-11-3-2-4-12(17-11)16-10-6-8(13)5-9(14)7-10/h2-7H,1H3,(H2,15,16,17). The molecule has 1 aromatic carbocycles. The van der Waals surface area contributed by atoms with Crippen molar-refractivity contribution in [1.29, 1.82) is 0 Å². The van der Waals surface area contributed by atoms with Gasteiger partial charge in [-0.2, -0.15) is 0 Å². The Balaban J connectivity index is 2.24. The number of benzene rings is 1. The highest BCUT2D eigenvalue weighted by atomic mass is 35.5. The summed E-state index contributed by atoms with van der Waals surface area (Å²) in [6.07, 6.45) is 0. The van der Waals surface area contributed by atoms with Gasteiger partial charge in [-0.3, -0.25) is 0 Å². The van der Waals surface area contributed by atoms with E-state index in [1.54, 1.807) is 19.2 Å². The first-order valence-electron chi connectivity index (χ1n) is 5.05. The highest BCUT2D eigenvalue weighted by molar-refractivity contribution is 6.30. The van der Waals surface area contributed by atoms with E-state index < -0.39 is 0 Å². The smallest absolute Gasteiger partial charge is 0.132 e. The highest BCUT2D eigenvalue weighted by Crippen LogP contribution is 2.21. The largest absolute Gasteiger partial charge is 0.373 e. The van der Waals surface area contributed by atoms with Crippen molar-refractivity contribution in [2.45, 2.75) is 0 Å². The SMILES string of the molecule is CNc1cccc(Nc2cc(F)cc(Cl)c2)n1. The van der Waals surface area contributed by atoms with Gasteiger partial charge in [-0.15, -0.1) is 0 Å². The van der Waals surface area contributed by atoms with Crippen molar-refractivity contribution in [2.75, 3.05) is 17.7 Å². The van der Waals surface area contributed by atoms with Crippen molar-refractivity contribution in [1.82, 2.24) is 4.98 Å². The van der Waals surface area contributed by atoms with E-state index in [9.17, 15) is 4.39 Å². The van der Waals surface area contributed by atoms with E-state index in [-0.39, 0.29) is 5.82 Å². The molecule has 0 radical (unpaired) electrons. The van der Waals surface area contributed by atoms with E-state index in [0.717, 1.165) is 5.82 Å². The average molecular weight is 252 g/mol. The van der Waals surface area contributed by atoms with Crippen LogP contribution in [0.3, 0.4) is 0 Å². The second-order valence-corrected chi connectivity index (χ2v) is 3.88. The molecule has 88 valence electrons. The summed E-state index contributed by atoms with van der Waals surface area (Å²) in [5.41, 5.74) is 0.566. The van der Waals surface area contributed by atoms with E-state index in [1.807, 2.05) is 12.1 Å². The Hall–Kier alpha value is -1.81. The first-order valence-corrected chi connectivity index (χ1v) is 5.43. The van der Waals surface area contributed by atoms with Gasteiger partial charge < -0.3 is 10.6 Å². The Morgan fingerprint density at radius 3 is 2.65 bits per heavy atom. The lowest BCUT2D eigenvalue weighted by Crippen LogP contribution is -1.97. The molecular weight excluding hydrogens is 241 g/mol. The van der Waals surface area contributed by atoms with Crippen molar-refractivity contribution >= 4 is 28.9 Å². The van der Waals surface area contributed by atoms with Crippen LogP contribution in [0.25, 0.3) is 0 Å². The fourth-order valence-corrected chi connectivity index (χ4v) is 1.64. The summed E-state index contributed by atoms with van der Waals surface area (Å²) in [6, 6.07) is 9.73. The molecule has 0 bridgehead atoms. The van der Waals surface area contributed by atoms with Gasteiger partial charge in [0.15, 0.2) is 0 Å². The maximum atomic E-state index is 13.1. The number of hydrogen-bond donors (Lipinski definition) is 2. The Morgan fingerprint density at radius 2 is 1.94 bits per heavy atom. The molecule has 2 rings (SSSR count). The molecule has 0 amide bonds. The third-order valence-electron chi connectivity index (χ3n) is 2.14. The predicted molar refractivity (Wildman–Crippen MR) is 68.5 cm³/mol. The van der Waals surface area contributed by atoms with Crippen molar-refractivity contribution < 1.29 is 4.39 Å². The molecule has 0 spiro atoms. The number of pyridine rings is 1. The Morgan fingerprint density at radius 1 is 1.18 bits per heavy atom. The van der Waals surface area contributed by atoms with Crippen LogP contribution in [0.1, 0.15) is 0 Å². The lowest BCUT2D eigenvalue weighted by molar-refractivity contribution is 0.628. The number of rotatable bonds is 3. The van der Waals surface area contributed by atoms with Crippen molar-refractivity contribution in [3.63, 3.8) is 0 Å². The summed E-state index contributed by atoms with van der Waals surface area (Å²) in [5, 5.41) is 6.25. The minimum atomic E-state index is -0.384. The first-order chi connectivity index (χ1) is 8.17. The van der Waals surface area contributed by atoms with E-state index >= 15 is 0 Å². The molecule has 0 atom stereocenters. The molecule has 17 heavy (non-hydrogen) atoms. The van der Waals surface area contributed by atoms with Crippen LogP contribution in [0.2, 0.25) is 5.02 Å². The molecule has 0 saturated carbocycles. The van der Waals surface area contributed by atoms with Gasteiger partial charge in [0.2, 0.25) is 0 Å². The molecule has 0 aliphatic carbocycles. The molecule has 3 nitrogen and oxygen atoms in total. The van der Waals surface area contributed by atoms with Crippen molar-refractivity contribution in [2.24, 2.45) is 0 Å². The molecule has 5 heteroatoms. The predicted octanol–water partition coefficient (Wildman–Crippen LogP) is 3.66. The minimum Gasteiger partial charge on any atom is -0.373 e. The van der Waals surface area contributed by atoms with Crippen LogP contribution in [-0.4, -0.2) is 12.0 Å². The average Bonchev–Trinajstić information content (AvgIpc) is 2.28. The van der Waals surface area contributed by atoms with Gasteiger partial charge in [0.25, 0.3) is 0 Å².